The maximum atomic E-state index is 11.9. The molecule has 8 heteroatoms. The van der Waals surface area contributed by atoms with E-state index in [4.69, 9.17) is 5.73 Å². The molecule has 0 fully saturated rings. The standard InChI is InChI=1S/C12H15N5O3/c13-12-16-10-8(11(20)17-12)5(4-15-10)3-14-6-1-2-7(18)9(6)19/h1-2,4,6-9,14,18-19H,3H2,(H3,13,15,16,17,20)/t6-,7-,8?,9+/m0/s1. The van der Waals surface area contributed by atoms with Gasteiger partial charge < -0.3 is 21.3 Å². The third-order valence-corrected chi connectivity index (χ3v) is 3.52. The number of aliphatic hydroxyl groups excluding tert-OH is 2. The predicted molar refractivity (Wildman–Crippen MR) is 71.7 cm³/mol. The second kappa shape index (κ2) is 4.82. The summed E-state index contributed by atoms with van der Waals surface area (Å²) >= 11 is 0. The van der Waals surface area contributed by atoms with Crippen LogP contribution in [0.3, 0.4) is 0 Å². The second-order valence-corrected chi connectivity index (χ2v) is 4.88. The maximum absolute atomic E-state index is 11.9. The van der Waals surface area contributed by atoms with Gasteiger partial charge in [0.05, 0.1) is 12.1 Å². The first-order chi connectivity index (χ1) is 9.56. The Balaban J connectivity index is 1.64. The Morgan fingerprint density at radius 1 is 1.40 bits per heavy atom. The maximum Gasteiger partial charge on any atom is 0.241 e. The van der Waals surface area contributed by atoms with Gasteiger partial charge in [0.2, 0.25) is 11.9 Å². The summed E-state index contributed by atoms with van der Waals surface area (Å²) in [4.78, 5) is 19.9. The molecular formula is C12H15N5O3. The van der Waals surface area contributed by atoms with Crippen molar-refractivity contribution in [2.75, 3.05) is 6.54 Å². The molecule has 1 amide bonds. The van der Waals surface area contributed by atoms with Crippen molar-refractivity contribution < 1.29 is 15.0 Å². The zero-order chi connectivity index (χ0) is 14.3. The lowest BCUT2D eigenvalue weighted by molar-refractivity contribution is -0.120. The zero-order valence-corrected chi connectivity index (χ0v) is 10.5. The fourth-order valence-electron chi connectivity index (χ4n) is 2.44. The molecule has 2 heterocycles. The number of amidine groups is 1. The Kier molecular flexibility index (Phi) is 3.13. The van der Waals surface area contributed by atoms with Gasteiger partial charge in [0.15, 0.2) is 0 Å². The molecule has 1 unspecified atom stereocenters. The summed E-state index contributed by atoms with van der Waals surface area (Å²) < 4.78 is 0. The van der Waals surface area contributed by atoms with Crippen LogP contribution in [-0.4, -0.2) is 52.7 Å². The molecule has 4 atom stereocenters. The van der Waals surface area contributed by atoms with Gasteiger partial charge in [0.1, 0.15) is 17.9 Å². The van der Waals surface area contributed by atoms with Crippen molar-refractivity contribution >= 4 is 17.7 Å². The highest BCUT2D eigenvalue weighted by molar-refractivity contribution is 6.19. The molecule has 20 heavy (non-hydrogen) atoms. The van der Waals surface area contributed by atoms with E-state index in [2.05, 4.69) is 20.6 Å². The Labute approximate surface area is 114 Å². The number of aliphatic imine (C=N–C) groups is 2. The largest absolute Gasteiger partial charge is 0.388 e. The van der Waals surface area contributed by atoms with E-state index in [-0.39, 0.29) is 17.9 Å². The SMILES string of the molecule is NC1=NC2=NC=C(CN[C@H]3C=C[C@H](O)[C@@H]3O)C2C(=O)N1. The van der Waals surface area contributed by atoms with Crippen LogP contribution in [0.4, 0.5) is 0 Å². The topological polar surface area (TPSA) is 132 Å². The second-order valence-electron chi connectivity index (χ2n) is 4.88. The van der Waals surface area contributed by atoms with E-state index in [0.29, 0.717) is 12.4 Å². The van der Waals surface area contributed by atoms with Gasteiger partial charge >= 0.3 is 0 Å². The first kappa shape index (κ1) is 13.0. The number of nitrogens with two attached hydrogens (primary N) is 1. The Hall–Kier alpha value is -2.03. The summed E-state index contributed by atoms with van der Waals surface area (Å²) in [5.41, 5.74) is 6.21. The molecule has 0 radical (unpaired) electrons. The van der Waals surface area contributed by atoms with Crippen LogP contribution in [-0.2, 0) is 4.79 Å². The Bertz CT molecular complexity index is 565. The average molecular weight is 277 g/mol. The molecule has 0 bridgehead atoms. The normalized spacial score (nSPS) is 35.3. The summed E-state index contributed by atoms with van der Waals surface area (Å²) in [5.74, 6) is -0.373. The van der Waals surface area contributed by atoms with E-state index in [1.807, 2.05) is 0 Å². The van der Waals surface area contributed by atoms with Gasteiger partial charge in [0, 0.05) is 12.7 Å². The van der Waals surface area contributed by atoms with E-state index in [9.17, 15) is 15.0 Å². The van der Waals surface area contributed by atoms with Crippen molar-refractivity contribution in [1.29, 1.82) is 0 Å². The third-order valence-electron chi connectivity index (χ3n) is 3.52. The monoisotopic (exact) mass is 277 g/mol. The summed E-state index contributed by atoms with van der Waals surface area (Å²) in [6.07, 6.45) is 3.07. The van der Waals surface area contributed by atoms with Crippen LogP contribution in [0, 0.1) is 5.92 Å². The van der Waals surface area contributed by atoms with Crippen LogP contribution >= 0.6 is 0 Å². The number of nitrogens with one attached hydrogen (secondary N) is 2. The molecule has 1 aliphatic carbocycles. The van der Waals surface area contributed by atoms with Crippen molar-refractivity contribution in [2.45, 2.75) is 18.2 Å². The van der Waals surface area contributed by atoms with Gasteiger partial charge in [-0.25, -0.2) is 4.99 Å². The van der Waals surface area contributed by atoms with Crippen LogP contribution < -0.4 is 16.4 Å². The van der Waals surface area contributed by atoms with Crippen molar-refractivity contribution in [3.05, 3.63) is 23.9 Å². The number of fused-ring (bicyclic) bond motifs is 1. The number of hydrogen-bond acceptors (Lipinski definition) is 7. The number of hydrogen-bond donors (Lipinski definition) is 5. The van der Waals surface area contributed by atoms with E-state index in [0.717, 1.165) is 5.57 Å². The molecule has 106 valence electrons. The third kappa shape index (κ3) is 2.13. The molecule has 6 N–H and O–H groups in total. The fourth-order valence-corrected chi connectivity index (χ4v) is 2.44. The molecule has 0 aromatic heterocycles. The van der Waals surface area contributed by atoms with E-state index in [1.165, 1.54) is 6.08 Å². The number of aliphatic hydroxyl groups is 2. The summed E-state index contributed by atoms with van der Waals surface area (Å²) in [7, 11) is 0. The first-order valence-electron chi connectivity index (χ1n) is 6.26. The van der Waals surface area contributed by atoms with E-state index < -0.39 is 18.1 Å². The van der Waals surface area contributed by atoms with Crippen LogP contribution in [0.15, 0.2) is 33.9 Å². The quantitative estimate of drug-likeness (QED) is 0.367. The first-order valence-corrected chi connectivity index (χ1v) is 6.26. The molecular weight excluding hydrogens is 262 g/mol. The van der Waals surface area contributed by atoms with Gasteiger partial charge in [-0.3, -0.25) is 10.1 Å². The highest BCUT2D eigenvalue weighted by atomic mass is 16.3. The molecule has 8 nitrogen and oxygen atoms in total. The number of guanidine groups is 1. The number of amides is 1. The lowest BCUT2D eigenvalue weighted by Gasteiger charge is -2.22. The number of carbonyl (C=O) groups excluding carboxylic acids is 1. The molecule has 3 rings (SSSR count). The lowest BCUT2D eigenvalue weighted by Crippen LogP contribution is -2.49. The van der Waals surface area contributed by atoms with Gasteiger partial charge in [-0.2, -0.15) is 4.99 Å². The van der Waals surface area contributed by atoms with Gasteiger partial charge in [-0.05, 0) is 5.57 Å². The van der Waals surface area contributed by atoms with E-state index in [1.54, 1.807) is 12.3 Å². The van der Waals surface area contributed by atoms with Gasteiger partial charge in [-0.1, -0.05) is 12.2 Å². The van der Waals surface area contributed by atoms with Crippen LogP contribution in [0.25, 0.3) is 0 Å². The van der Waals surface area contributed by atoms with Crippen LogP contribution in [0.1, 0.15) is 0 Å². The minimum Gasteiger partial charge on any atom is -0.388 e. The highest BCUT2D eigenvalue weighted by Gasteiger charge is 2.36. The van der Waals surface area contributed by atoms with Gasteiger partial charge in [-0.15, -0.1) is 0 Å². The molecule has 2 aliphatic heterocycles. The van der Waals surface area contributed by atoms with Gasteiger partial charge in [0.25, 0.3) is 0 Å². The smallest absolute Gasteiger partial charge is 0.241 e. The Morgan fingerprint density at radius 2 is 2.20 bits per heavy atom. The Morgan fingerprint density at radius 3 is 2.90 bits per heavy atom. The van der Waals surface area contributed by atoms with Crippen LogP contribution in [0.2, 0.25) is 0 Å². The average Bonchev–Trinajstić information content (AvgIpc) is 2.93. The van der Waals surface area contributed by atoms with Crippen molar-refractivity contribution in [3.63, 3.8) is 0 Å². The number of nitrogens with zero attached hydrogens (tertiary/aromatic N) is 2. The highest BCUT2D eigenvalue weighted by Crippen LogP contribution is 2.23. The van der Waals surface area contributed by atoms with Crippen LogP contribution in [0.5, 0.6) is 0 Å². The lowest BCUT2D eigenvalue weighted by atomic mass is 9.98. The molecule has 3 aliphatic rings. The minimum absolute atomic E-state index is 0.0462. The van der Waals surface area contributed by atoms with Crippen molar-refractivity contribution in [2.24, 2.45) is 21.6 Å². The number of rotatable bonds is 3. The molecule has 0 spiro atoms. The molecule has 0 saturated carbocycles. The summed E-state index contributed by atoms with van der Waals surface area (Å²) in [6.45, 7) is 0.360. The molecule has 0 aromatic carbocycles. The fraction of sp³-hybridized carbons (Fsp3) is 0.417. The summed E-state index contributed by atoms with van der Waals surface area (Å²) in [6, 6.07) is -0.352. The van der Waals surface area contributed by atoms with E-state index >= 15 is 0 Å². The zero-order valence-electron chi connectivity index (χ0n) is 10.5. The minimum atomic E-state index is -0.883. The van der Waals surface area contributed by atoms with Crippen molar-refractivity contribution in [3.8, 4) is 0 Å². The molecule has 0 aromatic rings. The predicted octanol–water partition coefficient (Wildman–Crippen LogP) is -2.41. The van der Waals surface area contributed by atoms with Crippen molar-refractivity contribution in [1.82, 2.24) is 10.6 Å². The number of carbonyl (C=O) groups is 1. The summed E-state index contributed by atoms with van der Waals surface area (Å²) in [5, 5.41) is 24.6. The molecule has 0 saturated heterocycles.